The van der Waals surface area contributed by atoms with Crippen LogP contribution in [0.15, 0.2) is 29.2 Å². The van der Waals surface area contributed by atoms with E-state index in [-0.39, 0.29) is 10.8 Å². The summed E-state index contributed by atoms with van der Waals surface area (Å²) < 4.78 is 45.4. The van der Waals surface area contributed by atoms with Crippen LogP contribution in [0.3, 0.4) is 0 Å². The molecule has 0 N–H and O–H groups in total. The molecule has 2 saturated heterocycles. The van der Waals surface area contributed by atoms with E-state index in [0.717, 1.165) is 18.6 Å². The van der Waals surface area contributed by atoms with Gasteiger partial charge in [0, 0.05) is 19.6 Å². The topological polar surface area (TPSA) is 66.9 Å². The third kappa shape index (κ3) is 3.45. The van der Waals surface area contributed by atoms with E-state index in [4.69, 9.17) is 4.74 Å². The van der Waals surface area contributed by atoms with E-state index in [1.807, 2.05) is 0 Å². The van der Waals surface area contributed by atoms with Crippen LogP contribution in [0.5, 0.6) is 0 Å². The molecule has 2 heterocycles. The molecule has 0 bridgehead atoms. The number of hydrogen-bond acceptors (Lipinski definition) is 4. The second-order valence-corrected chi connectivity index (χ2v) is 7.91. The second kappa shape index (κ2) is 7.16. The normalized spacial score (nSPS) is 23.2. The van der Waals surface area contributed by atoms with Gasteiger partial charge in [0.2, 0.25) is 15.9 Å². The summed E-state index contributed by atoms with van der Waals surface area (Å²) in [6.07, 6.45) is 2.04. The molecule has 0 saturated carbocycles. The fourth-order valence-electron chi connectivity index (χ4n) is 3.18. The summed E-state index contributed by atoms with van der Waals surface area (Å²) in [6, 6.07) is 4.04. The average Bonchev–Trinajstić information content (AvgIpc) is 2.62. The predicted molar refractivity (Wildman–Crippen MR) is 85.3 cm³/mol. The molecular formula is C16H21FN2O4S. The molecule has 2 aliphatic heterocycles. The van der Waals surface area contributed by atoms with Crippen LogP contribution in [0.2, 0.25) is 0 Å². The number of halogens is 1. The lowest BCUT2D eigenvalue weighted by Crippen LogP contribution is -2.54. The van der Waals surface area contributed by atoms with Gasteiger partial charge in [0.1, 0.15) is 11.9 Å². The maximum absolute atomic E-state index is 13.1. The van der Waals surface area contributed by atoms with Crippen LogP contribution < -0.4 is 0 Å². The predicted octanol–water partition coefficient (Wildman–Crippen LogP) is 1.23. The first-order valence-corrected chi connectivity index (χ1v) is 9.58. The number of rotatable bonds is 3. The second-order valence-electron chi connectivity index (χ2n) is 6.02. The molecule has 2 fully saturated rings. The Balaban J connectivity index is 1.85. The van der Waals surface area contributed by atoms with E-state index in [0.29, 0.717) is 45.7 Å². The van der Waals surface area contributed by atoms with E-state index in [1.54, 1.807) is 4.90 Å². The smallest absolute Gasteiger partial charge is 0.243 e. The van der Waals surface area contributed by atoms with Crippen molar-refractivity contribution in [2.24, 2.45) is 0 Å². The fraction of sp³-hybridized carbons (Fsp3) is 0.562. The lowest BCUT2D eigenvalue weighted by molar-refractivity contribution is -0.140. The molecule has 1 aromatic carbocycles. The van der Waals surface area contributed by atoms with Gasteiger partial charge in [0.05, 0.1) is 18.1 Å². The Morgan fingerprint density at radius 2 is 1.75 bits per heavy atom. The summed E-state index contributed by atoms with van der Waals surface area (Å²) in [4.78, 5) is 14.5. The van der Waals surface area contributed by atoms with Crippen molar-refractivity contribution in [1.29, 1.82) is 0 Å². The summed E-state index contributed by atoms with van der Waals surface area (Å²) in [7, 11) is -3.82. The van der Waals surface area contributed by atoms with Crippen molar-refractivity contribution in [2.75, 3.05) is 32.8 Å². The van der Waals surface area contributed by atoms with Gasteiger partial charge in [-0.25, -0.2) is 12.8 Å². The first kappa shape index (κ1) is 17.3. The number of carbonyl (C=O) groups excluding carboxylic acids is 1. The third-order valence-electron chi connectivity index (χ3n) is 4.48. The molecule has 0 spiro atoms. The molecule has 1 atom stereocenters. The highest BCUT2D eigenvalue weighted by atomic mass is 32.2. The number of nitrogens with zero attached hydrogens (tertiary/aromatic N) is 2. The molecule has 8 heteroatoms. The maximum Gasteiger partial charge on any atom is 0.243 e. The summed E-state index contributed by atoms with van der Waals surface area (Å²) in [5.74, 6) is -0.655. The molecule has 0 radical (unpaired) electrons. The number of sulfonamides is 1. The van der Waals surface area contributed by atoms with Crippen molar-refractivity contribution < 1.29 is 22.3 Å². The van der Waals surface area contributed by atoms with E-state index in [9.17, 15) is 17.6 Å². The van der Waals surface area contributed by atoms with Crippen molar-refractivity contribution in [3.05, 3.63) is 30.1 Å². The number of hydrogen-bond donors (Lipinski definition) is 0. The van der Waals surface area contributed by atoms with Crippen molar-refractivity contribution in [2.45, 2.75) is 30.2 Å². The zero-order chi connectivity index (χ0) is 17.2. The van der Waals surface area contributed by atoms with Crippen LogP contribution in [0, 0.1) is 5.82 Å². The zero-order valence-corrected chi connectivity index (χ0v) is 14.2. The standard InChI is InChI=1S/C16H21FN2O4S/c17-13-4-6-14(7-5-13)24(21,22)19-8-2-1-3-15(19)16(20)18-9-11-23-12-10-18/h4-7,15H,1-3,8-12H2. The van der Waals surface area contributed by atoms with Gasteiger partial charge in [0.15, 0.2) is 0 Å². The van der Waals surface area contributed by atoms with Gasteiger partial charge in [-0.2, -0.15) is 4.31 Å². The number of piperidine rings is 1. The maximum atomic E-state index is 13.1. The number of ether oxygens (including phenoxy) is 1. The molecule has 132 valence electrons. The van der Waals surface area contributed by atoms with Crippen molar-refractivity contribution >= 4 is 15.9 Å². The fourth-order valence-corrected chi connectivity index (χ4v) is 4.83. The summed E-state index contributed by atoms with van der Waals surface area (Å²) in [5.41, 5.74) is 0. The van der Waals surface area contributed by atoms with Gasteiger partial charge in [-0.05, 0) is 37.1 Å². The molecule has 0 aromatic heterocycles. The highest BCUT2D eigenvalue weighted by Gasteiger charge is 2.39. The van der Waals surface area contributed by atoms with E-state index in [2.05, 4.69) is 0 Å². The number of benzene rings is 1. The van der Waals surface area contributed by atoms with Gasteiger partial charge in [0.25, 0.3) is 0 Å². The molecule has 6 nitrogen and oxygen atoms in total. The summed E-state index contributed by atoms with van der Waals surface area (Å²) in [6.45, 7) is 2.23. The Hall–Kier alpha value is -1.51. The Morgan fingerprint density at radius 1 is 1.08 bits per heavy atom. The van der Waals surface area contributed by atoms with E-state index >= 15 is 0 Å². The third-order valence-corrected chi connectivity index (χ3v) is 6.40. The lowest BCUT2D eigenvalue weighted by Gasteiger charge is -2.37. The van der Waals surface area contributed by atoms with E-state index < -0.39 is 21.9 Å². The Morgan fingerprint density at radius 3 is 2.42 bits per heavy atom. The Labute approximate surface area is 141 Å². The van der Waals surface area contributed by atoms with Gasteiger partial charge >= 0.3 is 0 Å². The minimum absolute atomic E-state index is 0.0191. The number of morpholine rings is 1. The molecule has 24 heavy (non-hydrogen) atoms. The van der Waals surface area contributed by atoms with Gasteiger partial charge < -0.3 is 9.64 Å². The van der Waals surface area contributed by atoms with Crippen molar-refractivity contribution in [3.8, 4) is 0 Å². The average molecular weight is 356 g/mol. The SMILES string of the molecule is O=C(C1CCCCN1S(=O)(=O)c1ccc(F)cc1)N1CCOCC1. The molecule has 3 rings (SSSR count). The number of carbonyl (C=O) groups is 1. The molecular weight excluding hydrogens is 335 g/mol. The monoisotopic (exact) mass is 356 g/mol. The first-order chi connectivity index (χ1) is 11.5. The summed E-state index contributed by atoms with van der Waals surface area (Å²) >= 11 is 0. The van der Waals surface area contributed by atoms with Crippen LogP contribution >= 0.6 is 0 Å². The molecule has 1 aromatic rings. The Kier molecular flexibility index (Phi) is 5.17. The largest absolute Gasteiger partial charge is 0.378 e. The zero-order valence-electron chi connectivity index (χ0n) is 13.4. The highest BCUT2D eigenvalue weighted by molar-refractivity contribution is 7.89. The molecule has 1 unspecified atom stereocenters. The summed E-state index contributed by atoms with van der Waals surface area (Å²) in [5, 5.41) is 0. The number of amides is 1. The van der Waals surface area contributed by atoms with Gasteiger partial charge in [-0.3, -0.25) is 4.79 Å². The van der Waals surface area contributed by atoms with Crippen LogP contribution in [0.1, 0.15) is 19.3 Å². The van der Waals surface area contributed by atoms with E-state index in [1.165, 1.54) is 16.4 Å². The molecule has 0 aliphatic carbocycles. The minimum atomic E-state index is -3.82. The highest BCUT2D eigenvalue weighted by Crippen LogP contribution is 2.27. The van der Waals surface area contributed by atoms with Crippen molar-refractivity contribution in [1.82, 2.24) is 9.21 Å². The molecule has 1 amide bonds. The Bertz CT molecular complexity index is 687. The van der Waals surface area contributed by atoms with Crippen LogP contribution in [0.4, 0.5) is 4.39 Å². The van der Waals surface area contributed by atoms with Gasteiger partial charge in [-0.1, -0.05) is 6.42 Å². The van der Waals surface area contributed by atoms with Gasteiger partial charge in [-0.15, -0.1) is 0 Å². The van der Waals surface area contributed by atoms with Crippen LogP contribution in [0.25, 0.3) is 0 Å². The lowest BCUT2D eigenvalue weighted by atomic mass is 10.0. The van der Waals surface area contributed by atoms with Crippen LogP contribution in [-0.2, 0) is 19.6 Å². The van der Waals surface area contributed by atoms with Crippen molar-refractivity contribution in [3.63, 3.8) is 0 Å². The first-order valence-electron chi connectivity index (χ1n) is 8.14. The minimum Gasteiger partial charge on any atom is -0.378 e. The van der Waals surface area contributed by atoms with Crippen LogP contribution in [-0.4, -0.2) is 62.4 Å². The quantitative estimate of drug-likeness (QED) is 0.817. The molecule has 2 aliphatic rings.